The van der Waals surface area contributed by atoms with Crippen LogP contribution in [0.3, 0.4) is 0 Å². The summed E-state index contributed by atoms with van der Waals surface area (Å²) in [5.74, 6) is 1.27. The predicted octanol–water partition coefficient (Wildman–Crippen LogP) is 2.95. The standard InChI is InChI=1S/C17H21NO2S/c1-13-3-8-17(14(2)11-13)21(19)10-9-20-16-6-4-15(12-18)5-7-16/h3-8,11H,9-10,12,18H2,1-2H3. The van der Waals surface area contributed by atoms with E-state index in [-0.39, 0.29) is 0 Å². The Kier molecular flexibility index (Phi) is 5.53. The molecule has 2 N–H and O–H groups in total. The first kappa shape index (κ1) is 15.7. The Morgan fingerprint density at radius 2 is 1.81 bits per heavy atom. The van der Waals surface area contributed by atoms with E-state index >= 15 is 0 Å². The minimum absolute atomic E-state index is 0.432. The Morgan fingerprint density at radius 1 is 1.10 bits per heavy atom. The largest absolute Gasteiger partial charge is 0.493 e. The van der Waals surface area contributed by atoms with Crippen molar-refractivity contribution in [2.75, 3.05) is 12.4 Å². The van der Waals surface area contributed by atoms with Gasteiger partial charge >= 0.3 is 0 Å². The number of hydrogen-bond donors (Lipinski definition) is 1. The maximum absolute atomic E-state index is 12.3. The van der Waals surface area contributed by atoms with Gasteiger partial charge in [-0.1, -0.05) is 29.8 Å². The second-order valence-corrected chi connectivity index (χ2v) is 6.55. The number of hydrogen-bond acceptors (Lipinski definition) is 3. The molecule has 0 bridgehead atoms. The van der Waals surface area contributed by atoms with Gasteiger partial charge in [0.1, 0.15) is 12.4 Å². The Balaban J connectivity index is 1.88. The molecule has 2 aromatic rings. The normalized spacial score (nSPS) is 12.1. The highest BCUT2D eigenvalue weighted by molar-refractivity contribution is 7.85. The van der Waals surface area contributed by atoms with Crippen LogP contribution in [0.15, 0.2) is 47.4 Å². The maximum Gasteiger partial charge on any atom is 0.119 e. The lowest BCUT2D eigenvalue weighted by molar-refractivity contribution is 0.342. The molecule has 0 amide bonds. The summed E-state index contributed by atoms with van der Waals surface area (Å²) in [5, 5.41) is 0. The number of benzene rings is 2. The Morgan fingerprint density at radius 3 is 2.43 bits per heavy atom. The SMILES string of the molecule is Cc1ccc(S(=O)CCOc2ccc(CN)cc2)c(C)c1. The van der Waals surface area contributed by atoms with E-state index < -0.39 is 10.8 Å². The fourth-order valence-corrected chi connectivity index (χ4v) is 3.21. The van der Waals surface area contributed by atoms with Gasteiger partial charge in [-0.25, -0.2) is 0 Å². The minimum atomic E-state index is -1.03. The summed E-state index contributed by atoms with van der Waals surface area (Å²) in [5.41, 5.74) is 8.87. The Hall–Kier alpha value is -1.65. The van der Waals surface area contributed by atoms with E-state index in [1.54, 1.807) is 0 Å². The minimum Gasteiger partial charge on any atom is -0.493 e. The second-order valence-electron chi connectivity index (χ2n) is 5.02. The summed E-state index contributed by atoms with van der Waals surface area (Å²) in [7, 11) is -1.03. The summed E-state index contributed by atoms with van der Waals surface area (Å²) >= 11 is 0. The molecule has 1 atom stereocenters. The van der Waals surface area contributed by atoms with Crippen LogP contribution in [0.4, 0.5) is 0 Å². The van der Waals surface area contributed by atoms with Gasteiger partial charge in [0.25, 0.3) is 0 Å². The molecule has 2 rings (SSSR count). The molecule has 0 aliphatic heterocycles. The van der Waals surface area contributed by atoms with E-state index in [0.29, 0.717) is 18.9 Å². The van der Waals surface area contributed by atoms with Crippen LogP contribution in [0.1, 0.15) is 16.7 Å². The van der Waals surface area contributed by atoms with Gasteiger partial charge in [0.05, 0.1) is 16.6 Å². The quantitative estimate of drug-likeness (QED) is 0.892. The summed E-state index contributed by atoms with van der Waals surface area (Å²) in [6.07, 6.45) is 0. The summed E-state index contributed by atoms with van der Waals surface area (Å²) in [6.45, 7) is 4.99. The fraction of sp³-hybridized carbons (Fsp3) is 0.294. The molecule has 0 aromatic heterocycles. The molecule has 0 heterocycles. The molecule has 112 valence electrons. The molecule has 0 spiro atoms. The molecule has 0 aliphatic carbocycles. The van der Waals surface area contributed by atoms with Crippen molar-refractivity contribution < 1.29 is 8.95 Å². The fourth-order valence-electron chi connectivity index (χ4n) is 2.12. The highest BCUT2D eigenvalue weighted by atomic mass is 32.2. The van der Waals surface area contributed by atoms with Gasteiger partial charge in [0.15, 0.2) is 0 Å². The molecule has 0 saturated heterocycles. The van der Waals surface area contributed by atoms with Crippen molar-refractivity contribution >= 4 is 10.8 Å². The van der Waals surface area contributed by atoms with Crippen molar-refractivity contribution in [2.45, 2.75) is 25.3 Å². The van der Waals surface area contributed by atoms with E-state index in [9.17, 15) is 4.21 Å². The molecular formula is C17H21NO2S. The number of nitrogens with two attached hydrogens (primary N) is 1. The molecule has 2 aromatic carbocycles. The number of rotatable bonds is 6. The summed E-state index contributed by atoms with van der Waals surface area (Å²) in [4.78, 5) is 0.891. The van der Waals surface area contributed by atoms with Crippen molar-refractivity contribution in [3.05, 3.63) is 59.2 Å². The third kappa shape index (κ3) is 4.41. The van der Waals surface area contributed by atoms with Crippen molar-refractivity contribution in [1.82, 2.24) is 0 Å². The van der Waals surface area contributed by atoms with E-state index in [4.69, 9.17) is 10.5 Å². The van der Waals surface area contributed by atoms with E-state index in [0.717, 1.165) is 21.8 Å². The van der Waals surface area contributed by atoms with Gasteiger partial charge < -0.3 is 10.5 Å². The topological polar surface area (TPSA) is 52.3 Å². The molecular weight excluding hydrogens is 282 g/mol. The van der Waals surface area contributed by atoms with Gasteiger partial charge in [-0.15, -0.1) is 0 Å². The van der Waals surface area contributed by atoms with Crippen molar-refractivity contribution in [2.24, 2.45) is 5.73 Å². The highest BCUT2D eigenvalue weighted by Crippen LogP contribution is 2.16. The monoisotopic (exact) mass is 303 g/mol. The molecule has 1 unspecified atom stereocenters. The number of ether oxygens (including phenoxy) is 1. The lowest BCUT2D eigenvalue weighted by atomic mass is 10.2. The van der Waals surface area contributed by atoms with Crippen molar-refractivity contribution in [1.29, 1.82) is 0 Å². The average molecular weight is 303 g/mol. The van der Waals surface area contributed by atoms with Gasteiger partial charge in [-0.2, -0.15) is 0 Å². The predicted molar refractivity (Wildman–Crippen MR) is 87.0 cm³/mol. The molecule has 0 saturated carbocycles. The third-order valence-electron chi connectivity index (χ3n) is 3.27. The summed E-state index contributed by atoms with van der Waals surface area (Å²) in [6, 6.07) is 13.7. The highest BCUT2D eigenvalue weighted by Gasteiger charge is 2.07. The second kappa shape index (κ2) is 7.38. The number of aryl methyl sites for hydroxylation is 2. The van der Waals surface area contributed by atoms with Crippen LogP contribution in [-0.4, -0.2) is 16.6 Å². The first-order valence-electron chi connectivity index (χ1n) is 6.97. The Labute approximate surface area is 128 Å². The Bertz CT molecular complexity index is 623. The van der Waals surface area contributed by atoms with E-state index in [1.165, 1.54) is 5.56 Å². The van der Waals surface area contributed by atoms with Gasteiger partial charge in [0.2, 0.25) is 0 Å². The molecule has 0 fully saturated rings. The smallest absolute Gasteiger partial charge is 0.119 e. The van der Waals surface area contributed by atoms with Crippen LogP contribution in [0.5, 0.6) is 5.75 Å². The zero-order chi connectivity index (χ0) is 15.2. The maximum atomic E-state index is 12.3. The van der Waals surface area contributed by atoms with Crippen molar-refractivity contribution in [3.63, 3.8) is 0 Å². The average Bonchev–Trinajstić information content (AvgIpc) is 2.47. The van der Waals surface area contributed by atoms with E-state index in [1.807, 2.05) is 50.2 Å². The van der Waals surface area contributed by atoms with Gasteiger partial charge in [0, 0.05) is 11.4 Å². The first-order valence-corrected chi connectivity index (χ1v) is 8.29. The molecule has 0 radical (unpaired) electrons. The lowest BCUT2D eigenvalue weighted by Crippen LogP contribution is -2.09. The zero-order valence-corrected chi connectivity index (χ0v) is 13.3. The summed E-state index contributed by atoms with van der Waals surface area (Å²) < 4.78 is 17.9. The molecule has 21 heavy (non-hydrogen) atoms. The first-order chi connectivity index (χ1) is 10.1. The van der Waals surface area contributed by atoms with Crippen molar-refractivity contribution in [3.8, 4) is 5.75 Å². The lowest BCUT2D eigenvalue weighted by Gasteiger charge is -2.09. The van der Waals surface area contributed by atoms with Crippen LogP contribution in [0, 0.1) is 13.8 Å². The van der Waals surface area contributed by atoms with Crippen LogP contribution in [0.2, 0.25) is 0 Å². The van der Waals surface area contributed by atoms with Crippen LogP contribution < -0.4 is 10.5 Å². The van der Waals surface area contributed by atoms with Gasteiger partial charge in [-0.05, 0) is 43.2 Å². The van der Waals surface area contributed by atoms with Crippen LogP contribution >= 0.6 is 0 Å². The molecule has 4 heteroatoms. The molecule has 3 nitrogen and oxygen atoms in total. The van der Waals surface area contributed by atoms with Gasteiger partial charge in [-0.3, -0.25) is 4.21 Å². The van der Waals surface area contributed by atoms with Crippen LogP contribution in [0.25, 0.3) is 0 Å². The van der Waals surface area contributed by atoms with Crippen LogP contribution in [-0.2, 0) is 17.3 Å². The zero-order valence-electron chi connectivity index (χ0n) is 12.5. The van der Waals surface area contributed by atoms with E-state index in [2.05, 4.69) is 6.07 Å². The third-order valence-corrected chi connectivity index (χ3v) is 4.76. The molecule has 0 aliphatic rings.